The number of hydrogen-bond donors (Lipinski definition) is 2. The fraction of sp³-hybridized carbons (Fsp3) is 0.267. The number of aromatic nitrogens is 1. The minimum atomic E-state index is 0.737. The molecule has 0 radical (unpaired) electrons. The van der Waals surface area contributed by atoms with Gasteiger partial charge in [0.2, 0.25) is 0 Å². The van der Waals surface area contributed by atoms with Crippen LogP contribution in [0.1, 0.15) is 17.7 Å². The van der Waals surface area contributed by atoms with Crippen molar-refractivity contribution in [3.05, 3.63) is 53.9 Å². The lowest BCUT2D eigenvalue weighted by Crippen LogP contribution is -2.00. The number of benzene rings is 1. The highest BCUT2D eigenvalue weighted by atomic mass is 14.9. The van der Waals surface area contributed by atoms with Crippen molar-refractivity contribution < 1.29 is 0 Å². The molecule has 3 nitrogen and oxygen atoms in total. The Kier molecular flexibility index (Phi) is 4.31. The van der Waals surface area contributed by atoms with Crippen LogP contribution in [0, 0.1) is 6.92 Å². The number of nitrogens with one attached hydrogen (secondary N) is 1. The largest absolute Gasteiger partial charge is 0.355 e. The van der Waals surface area contributed by atoms with Crippen molar-refractivity contribution in [1.29, 1.82) is 0 Å². The molecule has 1 aromatic carbocycles. The van der Waals surface area contributed by atoms with E-state index in [-0.39, 0.29) is 0 Å². The van der Waals surface area contributed by atoms with Crippen LogP contribution in [0.15, 0.2) is 42.6 Å². The zero-order valence-corrected chi connectivity index (χ0v) is 10.7. The fourth-order valence-corrected chi connectivity index (χ4v) is 1.90. The smallest absolute Gasteiger partial charge is 0.0417 e. The van der Waals surface area contributed by atoms with Gasteiger partial charge in [-0.2, -0.15) is 0 Å². The molecule has 0 aliphatic heterocycles. The summed E-state index contributed by atoms with van der Waals surface area (Å²) in [6.07, 6.45) is 3.87. The van der Waals surface area contributed by atoms with Crippen molar-refractivity contribution in [2.75, 3.05) is 11.9 Å². The molecule has 0 atom stereocenters. The third kappa shape index (κ3) is 3.57. The summed E-state index contributed by atoms with van der Waals surface area (Å²) in [6.45, 7) is 2.73. The molecule has 2 aromatic rings. The highest BCUT2D eigenvalue weighted by molar-refractivity contribution is 5.60. The number of pyridine rings is 1. The number of nitrogens with zero attached hydrogens (tertiary/aromatic N) is 1. The minimum absolute atomic E-state index is 0.737. The normalized spacial score (nSPS) is 10.3. The van der Waals surface area contributed by atoms with Gasteiger partial charge in [0.25, 0.3) is 0 Å². The zero-order chi connectivity index (χ0) is 12.8. The highest BCUT2D eigenvalue weighted by Crippen LogP contribution is 2.18. The SMILES string of the molecule is Cc1cc(Nc2cccc(CCCN)c2)ccn1. The molecule has 0 aliphatic rings. The van der Waals surface area contributed by atoms with E-state index >= 15 is 0 Å². The third-order valence-corrected chi connectivity index (χ3v) is 2.78. The summed E-state index contributed by atoms with van der Waals surface area (Å²) in [5.41, 5.74) is 10.0. The molecule has 0 bridgehead atoms. The number of nitrogens with two attached hydrogens (primary N) is 1. The molecule has 0 fully saturated rings. The van der Waals surface area contributed by atoms with Gasteiger partial charge < -0.3 is 11.1 Å². The van der Waals surface area contributed by atoms with Gasteiger partial charge in [0.05, 0.1) is 0 Å². The van der Waals surface area contributed by atoms with Gasteiger partial charge in [-0.25, -0.2) is 0 Å². The summed E-state index contributed by atoms with van der Waals surface area (Å²) < 4.78 is 0. The molecular formula is C15H19N3. The van der Waals surface area contributed by atoms with Crippen molar-refractivity contribution in [3.8, 4) is 0 Å². The first-order chi connectivity index (χ1) is 8.78. The van der Waals surface area contributed by atoms with Crippen LogP contribution in [0.25, 0.3) is 0 Å². The Morgan fingerprint density at radius 3 is 2.78 bits per heavy atom. The molecule has 1 heterocycles. The minimum Gasteiger partial charge on any atom is -0.355 e. The maximum absolute atomic E-state index is 5.53. The van der Waals surface area contributed by atoms with Gasteiger partial charge in [-0.05, 0) is 56.1 Å². The average molecular weight is 241 g/mol. The van der Waals surface area contributed by atoms with Crippen LogP contribution >= 0.6 is 0 Å². The van der Waals surface area contributed by atoms with Crippen LogP contribution in [-0.4, -0.2) is 11.5 Å². The molecule has 3 heteroatoms. The predicted molar refractivity (Wildman–Crippen MR) is 76.1 cm³/mol. The van der Waals surface area contributed by atoms with Gasteiger partial charge in [0.1, 0.15) is 0 Å². The van der Waals surface area contributed by atoms with Crippen LogP contribution in [-0.2, 0) is 6.42 Å². The lowest BCUT2D eigenvalue weighted by Gasteiger charge is -2.08. The summed E-state index contributed by atoms with van der Waals surface area (Å²) >= 11 is 0. The first kappa shape index (κ1) is 12.6. The Morgan fingerprint density at radius 1 is 1.17 bits per heavy atom. The maximum Gasteiger partial charge on any atom is 0.0417 e. The standard InChI is InChI=1S/C15H19N3/c1-12-10-15(7-9-17-12)18-14-6-2-4-13(11-14)5-3-8-16/h2,4,6-7,9-11H,3,5,8,16H2,1H3,(H,17,18). The average Bonchev–Trinajstić information content (AvgIpc) is 2.37. The van der Waals surface area contributed by atoms with Crippen molar-refractivity contribution >= 4 is 11.4 Å². The van der Waals surface area contributed by atoms with E-state index in [9.17, 15) is 0 Å². The quantitative estimate of drug-likeness (QED) is 0.846. The second-order valence-electron chi connectivity index (χ2n) is 4.40. The number of aryl methyl sites for hydroxylation is 2. The molecule has 0 unspecified atom stereocenters. The first-order valence-corrected chi connectivity index (χ1v) is 6.26. The van der Waals surface area contributed by atoms with Gasteiger partial charge in [-0.1, -0.05) is 12.1 Å². The molecule has 1 aromatic heterocycles. The fourth-order valence-electron chi connectivity index (χ4n) is 1.90. The molecule has 0 spiro atoms. The molecule has 94 valence electrons. The second-order valence-corrected chi connectivity index (χ2v) is 4.40. The van der Waals surface area contributed by atoms with Crippen LogP contribution in [0.4, 0.5) is 11.4 Å². The Bertz CT molecular complexity index is 509. The second kappa shape index (κ2) is 6.17. The molecular weight excluding hydrogens is 222 g/mol. The summed E-state index contributed by atoms with van der Waals surface area (Å²) in [4.78, 5) is 4.19. The number of rotatable bonds is 5. The topological polar surface area (TPSA) is 50.9 Å². The Hall–Kier alpha value is -1.87. The summed E-state index contributed by atoms with van der Waals surface area (Å²) in [5.74, 6) is 0. The molecule has 0 amide bonds. The number of anilines is 2. The van der Waals surface area contributed by atoms with Crippen molar-refractivity contribution in [2.24, 2.45) is 5.73 Å². The van der Waals surface area contributed by atoms with Crippen LogP contribution in [0.2, 0.25) is 0 Å². The van der Waals surface area contributed by atoms with Gasteiger partial charge in [0.15, 0.2) is 0 Å². The zero-order valence-electron chi connectivity index (χ0n) is 10.7. The van der Waals surface area contributed by atoms with Gasteiger partial charge in [-0.3, -0.25) is 4.98 Å². The monoisotopic (exact) mass is 241 g/mol. The van der Waals surface area contributed by atoms with Gasteiger partial charge in [-0.15, -0.1) is 0 Å². The van der Waals surface area contributed by atoms with Gasteiger partial charge in [0, 0.05) is 23.3 Å². The lowest BCUT2D eigenvalue weighted by atomic mass is 10.1. The summed E-state index contributed by atoms with van der Waals surface area (Å²) in [7, 11) is 0. The molecule has 3 N–H and O–H groups in total. The van der Waals surface area contributed by atoms with Crippen LogP contribution in [0.3, 0.4) is 0 Å². The Labute approximate surface area is 108 Å². The van der Waals surface area contributed by atoms with E-state index in [4.69, 9.17) is 5.73 Å². The van der Waals surface area contributed by atoms with E-state index in [2.05, 4.69) is 34.6 Å². The molecule has 0 aliphatic carbocycles. The summed E-state index contributed by atoms with van der Waals surface area (Å²) in [6, 6.07) is 12.5. The van der Waals surface area contributed by atoms with E-state index < -0.39 is 0 Å². The number of hydrogen-bond acceptors (Lipinski definition) is 3. The Morgan fingerprint density at radius 2 is 2.00 bits per heavy atom. The lowest BCUT2D eigenvalue weighted by molar-refractivity contribution is 0.833. The van der Waals surface area contributed by atoms with Gasteiger partial charge >= 0.3 is 0 Å². The van der Waals surface area contributed by atoms with Crippen molar-refractivity contribution in [2.45, 2.75) is 19.8 Å². The summed E-state index contributed by atoms with van der Waals surface area (Å²) in [5, 5.41) is 3.39. The maximum atomic E-state index is 5.53. The van der Waals surface area contributed by atoms with Crippen LogP contribution < -0.4 is 11.1 Å². The molecule has 0 saturated heterocycles. The first-order valence-electron chi connectivity index (χ1n) is 6.26. The van der Waals surface area contributed by atoms with E-state index in [0.717, 1.165) is 36.5 Å². The van der Waals surface area contributed by atoms with E-state index in [0.29, 0.717) is 0 Å². The van der Waals surface area contributed by atoms with E-state index in [1.54, 1.807) is 0 Å². The molecule has 18 heavy (non-hydrogen) atoms. The van der Waals surface area contributed by atoms with E-state index in [1.165, 1.54) is 5.56 Å². The van der Waals surface area contributed by atoms with E-state index in [1.807, 2.05) is 25.3 Å². The Balaban J connectivity index is 2.09. The molecule has 2 rings (SSSR count). The predicted octanol–water partition coefficient (Wildman–Crippen LogP) is 3.02. The van der Waals surface area contributed by atoms with Crippen LogP contribution in [0.5, 0.6) is 0 Å². The highest BCUT2D eigenvalue weighted by Gasteiger charge is 1.98. The third-order valence-electron chi connectivity index (χ3n) is 2.78. The molecule has 0 saturated carbocycles. The van der Waals surface area contributed by atoms with Crippen molar-refractivity contribution in [1.82, 2.24) is 4.98 Å². The van der Waals surface area contributed by atoms with Crippen molar-refractivity contribution in [3.63, 3.8) is 0 Å².